The van der Waals surface area contributed by atoms with E-state index >= 15 is 0 Å². The number of anilines is 2. The lowest BCUT2D eigenvalue weighted by Crippen LogP contribution is -2.50. The van der Waals surface area contributed by atoms with Crippen LogP contribution < -0.4 is 10.6 Å². The van der Waals surface area contributed by atoms with Gasteiger partial charge in [0.2, 0.25) is 5.95 Å². The molecule has 2 atom stereocenters. The average Bonchev–Trinajstić information content (AvgIpc) is 3.01. The normalized spacial score (nSPS) is 27.1. The van der Waals surface area contributed by atoms with Crippen LogP contribution in [0.1, 0.15) is 6.42 Å². The summed E-state index contributed by atoms with van der Waals surface area (Å²) >= 11 is 0. The predicted octanol–water partition coefficient (Wildman–Crippen LogP) is -0.205. The molecule has 20 heavy (non-hydrogen) atoms. The summed E-state index contributed by atoms with van der Waals surface area (Å²) < 4.78 is 0. The smallest absolute Gasteiger partial charge is 0.223 e. The van der Waals surface area contributed by atoms with E-state index in [1.807, 2.05) is 12.3 Å². The first-order valence-corrected chi connectivity index (χ1v) is 6.98. The minimum absolute atomic E-state index is 0.192. The molecule has 7 heteroatoms. The van der Waals surface area contributed by atoms with Gasteiger partial charge in [0, 0.05) is 38.4 Å². The molecule has 4 rings (SSSR count). The quantitative estimate of drug-likeness (QED) is 0.666. The van der Waals surface area contributed by atoms with Crippen molar-refractivity contribution in [3.63, 3.8) is 0 Å². The number of nitrogens with two attached hydrogens (primary N) is 1. The summed E-state index contributed by atoms with van der Waals surface area (Å²) in [5.41, 5.74) is 6.58. The molecule has 2 saturated heterocycles. The number of H-pyrrole nitrogens is 1. The van der Waals surface area contributed by atoms with E-state index in [1.165, 1.54) is 0 Å². The van der Waals surface area contributed by atoms with E-state index in [9.17, 15) is 5.11 Å². The zero-order chi connectivity index (χ0) is 13.7. The number of rotatable bonds is 1. The predicted molar refractivity (Wildman–Crippen MR) is 76.5 cm³/mol. The van der Waals surface area contributed by atoms with Crippen LogP contribution in [0.3, 0.4) is 0 Å². The first-order chi connectivity index (χ1) is 9.70. The standard InChI is InChI=1S/C13H18N6O/c14-13-16-11-10(1-2-15-11)12(17-13)19-4-3-18-7-9(20)5-8(18)6-19/h1-2,8-9,20H,3-7H2,(H3,14,15,16,17)/t8-,9-/m0/s1. The topological polar surface area (TPSA) is 94.3 Å². The number of aliphatic hydroxyl groups is 1. The van der Waals surface area contributed by atoms with Gasteiger partial charge in [-0.2, -0.15) is 9.97 Å². The van der Waals surface area contributed by atoms with Crippen molar-refractivity contribution in [3.05, 3.63) is 12.3 Å². The number of fused-ring (bicyclic) bond motifs is 2. The molecule has 2 aromatic heterocycles. The highest BCUT2D eigenvalue weighted by atomic mass is 16.3. The lowest BCUT2D eigenvalue weighted by atomic mass is 10.1. The van der Waals surface area contributed by atoms with Gasteiger partial charge in [-0.1, -0.05) is 0 Å². The number of aromatic nitrogens is 3. The molecule has 0 saturated carbocycles. The summed E-state index contributed by atoms with van der Waals surface area (Å²) in [5, 5.41) is 10.8. The van der Waals surface area contributed by atoms with Crippen LogP contribution in [0.15, 0.2) is 12.3 Å². The fourth-order valence-corrected chi connectivity index (χ4v) is 3.39. The van der Waals surface area contributed by atoms with E-state index < -0.39 is 0 Å². The molecule has 0 unspecified atom stereocenters. The molecule has 0 aromatic carbocycles. The molecule has 2 aliphatic rings. The molecule has 0 bridgehead atoms. The number of nitrogens with one attached hydrogen (secondary N) is 1. The summed E-state index contributed by atoms with van der Waals surface area (Å²) in [6, 6.07) is 2.39. The van der Waals surface area contributed by atoms with E-state index in [2.05, 4.69) is 24.8 Å². The van der Waals surface area contributed by atoms with Gasteiger partial charge in [0.1, 0.15) is 11.5 Å². The Bertz CT molecular complexity index is 641. The largest absolute Gasteiger partial charge is 0.392 e. The van der Waals surface area contributed by atoms with E-state index in [0.29, 0.717) is 12.0 Å². The molecule has 0 radical (unpaired) electrons. The number of hydrogen-bond acceptors (Lipinski definition) is 6. The number of hydrogen-bond donors (Lipinski definition) is 3. The highest BCUT2D eigenvalue weighted by molar-refractivity contribution is 5.88. The van der Waals surface area contributed by atoms with Gasteiger partial charge in [0.15, 0.2) is 0 Å². The lowest BCUT2D eigenvalue weighted by Gasteiger charge is -2.38. The maximum absolute atomic E-state index is 9.79. The molecule has 2 aromatic rings. The fourth-order valence-electron chi connectivity index (χ4n) is 3.39. The zero-order valence-corrected chi connectivity index (χ0v) is 11.2. The molecule has 4 N–H and O–H groups in total. The Morgan fingerprint density at radius 1 is 1.30 bits per heavy atom. The Morgan fingerprint density at radius 2 is 2.20 bits per heavy atom. The van der Waals surface area contributed by atoms with E-state index in [0.717, 1.165) is 49.5 Å². The van der Waals surface area contributed by atoms with Crippen molar-refractivity contribution in [2.24, 2.45) is 0 Å². The molecule has 7 nitrogen and oxygen atoms in total. The Balaban J connectivity index is 1.68. The van der Waals surface area contributed by atoms with Crippen molar-refractivity contribution >= 4 is 22.8 Å². The monoisotopic (exact) mass is 274 g/mol. The maximum atomic E-state index is 9.79. The summed E-state index contributed by atoms with van der Waals surface area (Å²) in [5.74, 6) is 1.19. The van der Waals surface area contributed by atoms with Crippen LogP contribution in [0.4, 0.5) is 11.8 Å². The molecule has 0 amide bonds. The third-order valence-electron chi connectivity index (χ3n) is 4.31. The summed E-state index contributed by atoms with van der Waals surface area (Å²) in [6.45, 7) is 3.54. The third kappa shape index (κ3) is 1.82. The first-order valence-electron chi connectivity index (χ1n) is 6.98. The van der Waals surface area contributed by atoms with Gasteiger partial charge in [-0.25, -0.2) is 0 Å². The summed E-state index contributed by atoms with van der Waals surface area (Å²) in [6.07, 6.45) is 2.51. The van der Waals surface area contributed by atoms with Crippen LogP contribution in [-0.2, 0) is 0 Å². The molecular weight excluding hydrogens is 256 g/mol. The van der Waals surface area contributed by atoms with Crippen LogP contribution in [0, 0.1) is 0 Å². The molecule has 4 heterocycles. The Labute approximate surface area is 116 Å². The van der Waals surface area contributed by atoms with Gasteiger partial charge in [-0.15, -0.1) is 0 Å². The van der Waals surface area contributed by atoms with Gasteiger partial charge >= 0.3 is 0 Å². The van der Waals surface area contributed by atoms with Crippen LogP contribution in [0.25, 0.3) is 11.0 Å². The molecule has 2 aliphatic heterocycles. The highest BCUT2D eigenvalue weighted by Gasteiger charge is 2.36. The van der Waals surface area contributed by atoms with E-state index in [4.69, 9.17) is 5.73 Å². The van der Waals surface area contributed by atoms with Crippen molar-refractivity contribution < 1.29 is 5.11 Å². The fraction of sp³-hybridized carbons (Fsp3) is 0.538. The van der Waals surface area contributed by atoms with Gasteiger partial charge in [-0.05, 0) is 12.5 Å². The minimum atomic E-state index is -0.192. The average molecular weight is 274 g/mol. The van der Waals surface area contributed by atoms with Gasteiger partial charge in [0.05, 0.1) is 11.5 Å². The van der Waals surface area contributed by atoms with Gasteiger partial charge in [0.25, 0.3) is 0 Å². The minimum Gasteiger partial charge on any atom is -0.392 e. The Hall–Kier alpha value is -1.86. The number of nitrogens with zero attached hydrogens (tertiary/aromatic N) is 4. The zero-order valence-electron chi connectivity index (χ0n) is 11.2. The second-order valence-electron chi connectivity index (χ2n) is 5.63. The second kappa shape index (κ2) is 4.32. The Kier molecular flexibility index (Phi) is 2.58. The molecule has 2 fully saturated rings. The SMILES string of the molecule is Nc1nc(N2CCN3C[C@@H](O)C[C@H]3C2)c2cc[nH]c2n1. The number of aromatic amines is 1. The second-order valence-corrected chi connectivity index (χ2v) is 5.63. The molecule has 0 spiro atoms. The van der Waals surface area contributed by atoms with Gasteiger partial charge < -0.3 is 20.7 Å². The van der Waals surface area contributed by atoms with Crippen LogP contribution in [-0.4, -0.2) is 63.3 Å². The van der Waals surface area contributed by atoms with E-state index in [1.54, 1.807) is 0 Å². The molecule has 0 aliphatic carbocycles. The summed E-state index contributed by atoms with van der Waals surface area (Å²) in [7, 11) is 0. The number of nitrogen functional groups attached to an aromatic ring is 1. The van der Waals surface area contributed by atoms with Crippen molar-refractivity contribution in [2.75, 3.05) is 36.8 Å². The molecular formula is C13H18N6O. The van der Waals surface area contributed by atoms with Gasteiger partial charge in [-0.3, -0.25) is 4.90 Å². The van der Waals surface area contributed by atoms with Crippen molar-refractivity contribution in [3.8, 4) is 0 Å². The lowest BCUT2D eigenvalue weighted by molar-refractivity contribution is 0.173. The molecule has 106 valence electrons. The Morgan fingerprint density at radius 3 is 3.10 bits per heavy atom. The summed E-state index contributed by atoms with van der Waals surface area (Å²) in [4.78, 5) is 16.3. The van der Waals surface area contributed by atoms with Crippen LogP contribution >= 0.6 is 0 Å². The third-order valence-corrected chi connectivity index (χ3v) is 4.31. The first kappa shape index (κ1) is 11.9. The number of piperazine rings is 1. The van der Waals surface area contributed by atoms with Crippen molar-refractivity contribution in [1.29, 1.82) is 0 Å². The van der Waals surface area contributed by atoms with Crippen LogP contribution in [0.2, 0.25) is 0 Å². The van der Waals surface area contributed by atoms with Crippen molar-refractivity contribution in [1.82, 2.24) is 19.9 Å². The maximum Gasteiger partial charge on any atom is 0.223 e. The van der Waals surface area contributed by atoms with E-state index in [-0.39, 0.29) is 6.10 Å². The number of aliphatic hydroxyl groups excluding tert-OH is 1. The van der Waals surface area contributed by atoms with Crippen molar-refractivity contribution in [2.45, 2.75) is 18.6 Å². The highest BCUT2D eigenvalue weighted by Crippen LogP contribution is 2.29. The van der Waals surface area contributed by atoms with Crippen LogP contribution in [0.5, 0.6) is 0 Å².